The molecule has 0 aliphatic carbocycles. The lowest BCUT2D eigenvalue weighted by Gasteiger charge is -2.20. The second kappa shape index (κ2) is 25.7. The van der Waals surface area contributed by atoms with Gasteiger partial charge in [-0.15, -0.1) is 0 Å². The number of carbonyl (C=O) groups is 2. The molecule has 360 valence electrons. The fourth-order valence-corrected chi connectivity index (χ4v) is 7.55. The van der Waals surface area contributed by atoms with E-state index in [0.29, 0.717) is 170 Å². The van der Waals surface area contributed by atoms with Crippen molar-refractivity contribution in [2.24, 2.45) is 9.98 Å². The van der Waals surface area contributed by atoms with Gasteiger partial charge < -0.3 is 58.0 Å². The van der Waals surface area contributed by atoms with Crippen LogP contribution >= 0.6 is 0 Å². The van der Waals surface area contributed by atoms with Crippen molar-refractivity contribution in [2.75, 3.05) is 116 Å². The Kier molecular flexibility index (Phi) is 18.7. The lowest BCUT2D eigenvalue weighted by atomic mass is 9.96. The summed E-state index contributed by atoms with van der Waals surface area (Å²) < 4.78 is 58.1. The zero-order chi connectivity index (χ0) is 47.5. The zero-order valence-corrected chi connectivity index (χ0v) is 39.2. The number of rotatable bonds is 4. The molecule has 2 N–H and O–H groups in total. The summed E-state index contributed by atoms with van der Waals surface area (Å²) in [5.41, 5.74) is 5.60. The van der Waals surface area contributed by atoms with Crippen molar-refractivity contribution in [1.29, 1.82) is 0 Å². The molecule has 0 aromatic heterocycles. The Labute approximate surface area is 397 Å². The first-order chi connectivity index (χ1) is 33.3. The number of ketones is 2. The Hall–Kier alpha value is -6.40. The summed E-state index contributed by atoms with van der Waals surface area (Å²) in [5, 5.41) is 6.95. The third-order valence-corrected chi connectivity index (χ3v) is 10.8. The van der Waals surface area contributed by atoms with E-state index in [-0.39, 0.29) is 38.0 Å². The molecule has 16 heteroatoms. The summed E-state index contributed by atoms with van der Waals surface area (Å²) in [5.74, 6) is 1.14. The zero-order valence-electron chi connectivity index (χ0n) is 39.2. The van der Waals surface area contributed by atoms with Crippen molar-refractivity contribution < 1.29 is 57.0 Å². The van der Waals surface area contributed by atoms with E-state index in [0.717, 1.165) is 0 Å². The molecule has 3 heterocycles. The molecule has 4 aromatic carbocycles. The summed E-state index contributed by atoms with van der Waals surface area (Å²) >= 11 is 0. The summed E-state index contributed by atoms with van der Waals surface area (Å²) in [6.45, 7) is 13.1. The average Bonchev–Trinajstić information content (AvgIpc) is 3.35. The number of benzene rings is 4. The number of aliphatic imine (C=N–C) groups is 2. The molecule has 3 aliphatic heterocycles. The van der Waals surface area contributed by atoms with Crippen LogP contribution < -0.4 is 29.6 Å². The average molecular weight is 933 g/mol. The Balaban J connectivity index is 1.25. The molecular weight excluding hydrogens is 873 g/mol. The molecule has 68 heavy (non-hydrogen) atoms. The molecule has 7 rings (SSSR count). The van der Waals surface area contributed by atoms with Crippen molar-refractivity contribution in [3.63, 3.8) is 0 Å². The van der Waals surface area contributed by atoms with Crippen molar-refractivity contribution in [3.05, 3.63) is 119 Å². The van der Waals surface area contributed by atoms with Crippen molar-refractivity contribution in [2.45, 2.75) is 27.7 Å². The first-order valence-corrected chi connectivity index (χ1v) is 22.9. The van der Waals surface area contributed by atoms with Gasteiger partial charge in [-0.3, -0.25) is 19.6 Å². The number of para-hydroxylation sites is 4. The number of hydrogen-bond acceptors (Lipinski definition) is 16. The summed E-state index contributed by atoms with van der Waals surface area (Å²) in [6, 6.07) is 25.1. The van der Waals surface area contributed by atoms with E-state index in [2.05, 4.69) is 10.6 Å². The largest absolute Gasteiger partial charge is 0.487 e. The standard InChI is InChI=1S/C52H60N4O12/c1-35-49(51(57)39-13-15-45-47(33-39)67-31-27-63-23-19-59-17-21-61-25-29-65-45)36(2)54-43-11-7-8-12-44(43)56-38(4)50(37(3)55-42-10-6-5-9-41(42)53-35)52(58)40-14-16-46-48(34-40)68-32-28-64-24-20-60-18-22-62-26-30-66-46/h5-16,33-34,53,56H,17-32H2,1-4H3/b49-35+,50-38+,54-36?,55-37?. The molecular formula is C52H60N4O12. The highest BCUT2D eigenvalue weighted by molar-refractivity contribution is 6.29. The highest BCUT2D eigenvalue weighted by Crippen LogP contribution is 2.35. The highest BCUT2D eigenvalue weighted by atomic mass is 16.6. The topological polar surface area (TPSA) is 175 Å². The van der Waals surface area contributed by atoms with Gasteiger partial charge in [0.2, 0.25) is 0 Å². The van der Waals surface area contributed by atoms with E-state index in [9.17, 15) is 9.59 Å². The van der Waals surface area contributed by atoms with Gasteiger partial charge in [0.25, 0.3) is 0 Å². The number of fused-ring (bicyclic) bond motifs is 4. The third kappa shape index (κ3) is 13.8. The molecule has 0 saturated carbocycles. The van der Waals surface area contributed by atoms with Gasteiger partial charge in [-0.1, -0.05) is 24.3 Å². The van der Waals surface area contributed by atoms with Crippen LogP contribution in [0.2, 0.25) is 0 Å². The minimum absolute atomic E-state index is 0.232. The number of hydrogen-bond donors (Lipinski definition) is 2. The second-order valence-electron chi connectivity index (χ2n) is 15.7. The molecule has 3 aliphatic rings. The minimum atomic E-state index is -0.297. The summed E-state index contributed by atoms with van der Waals surface area (Å²) in [6.07, 6.45) is 0. The summed E-state index contributed by atoms with van der Waals surface area (Å²) in [7, 11) is 0. The van der Waals surface area contributed by atoms with E-state index in [1.165, 1.54) is 0 Å². The molecule has 0 bridgehead atoms. The number of anilines is 2. The van der Waals surface area contributed by atoms with Gasteiger partial charge in [0.15, 0.2) is 34.6 Å². The number of ether oxygens (including phenoxy) is 10. The smallest absolute Gasteiger partial charge is 0.196 e. The monoisotopic (exact) mass is 932 g/mol. The maximum absolute atomic E-state index is 14.9. The summed E-state index contributed by atoms with van der Waals surface area (Å²) in [4.78, 5) is 39.9. The molecule has 0 spiro atoms. The molecule has 16 nitrogen and oxygen atoms in total. The number of nitrogens with zero attached hydrogens (tertiary/aromatic N) is 2. The van der Waals surface area contributed by atoms with Crippen LogP contribution in [0.5, 0.6) is 23.0 Å². The molecule has 0 unspecified atom stereocenters. The van der Waals surface area contributed by atoms with E-state index in [1.54, 1.807) is 50.2 Å². The van der Waals surface area contributed by atoms with E-state index in [4.69, 9.17) is 57.4 Å². The van der Waals surface area contributed by atoms with Crippen molar-refractivity contribution in [3.8, 4) is 23.0 Å². The Morgan fingerprint density at radius 3 is 1.06 bits per heavy atom. The first kappa shape index (κ1) is 49.5. The van der Waals surface area contributed by atoms with Gasteiger partial charge in [0, 0.05) is 22.5 Å². The van der Waals surface area contributed by atoms with Crippen LogP contribution in [0.3, 0.4) is 0 Å². The lowest BCUT2D eigenvalue weighted by molar-refractivity contribution is 0.00708. The quantitative estimate of drug-likeness (QED) is 0.187. The molecule has 0 saturated heterocycles. The van der Waals surface area contributed by atoms with Crippen LogP contribution in [-0.4, -0.2) is 129 Å². The van der Waals surface area contributed by atoms with Gasteiger partial charge in [-0.2, -0.15) is 0 Å². The number of Topliss-reactive ketones (excluding diaryl/α,β-unsaturated/α-hetero) is 2. The number of carbonyl (C=O) groups excluding carboxylic acids is 2. The number of allylic oxidation sites excluding steroid dienone is 4. The van der Waals surface area contributed by atoms with Crippen LogP contribution in [0, 0.1) is 0 Å². The Bertz CT molecular complexity index is 2330. The van der Waals surface area contributed by atoms with Crippen molar-refractivity contribution in [1.82, 2.24) is 0 Å². The molecule has 4 aromatic rings. The van der Waals surface area contributed by atoms with Crippen LogP contribution in [0.15, 0.2) is 117 Å². The minimum Gasteiger partial charge on any atom is -0.487 e. The van der Waals surface area contributed by atoms with Gasteiger partial charge in [-0.05, 0) is 88.4 Å². The van der Waals surface area contributed by atoms with E-state index >= 15 is 0 Å². The van der Waals surface area contributed by atoms with Gasteiger partial charge in [-0.25, -0.2) is 0 Å². The molecule has 0 amide bonds. The first-order valence-electron chi connectivity index (χ1n) is 22.9. The van der Waals surface area contributed by atoms with Crippen LogP contribution in [0.1, 0.15) is 48.4 Å². The predicted octanol–water partition coefficient (Wildman–Crippen LogP) is 8.36. The van der Waals surface area contributed by atoms with Gasteiger partial charge >= 0.3 is 0 Å². The van der Waals surface area contributed by atoms with Crippen LogP contribution in [0.4, 0.5) is 22.7 Å². The SMILES string of the molecule is CC1=Nc2ccccc2N/C(C)=C(/C(=O)c2ccc3c(c2)OCCOCCOCCOCCO3)C(C)=Nc2ccccc2N/C(C)=C\1C(=O)c1ccc2c(c1)OCCOCCOCCOCCO2. The normalized spacial score (nSPS) is 20.0. The Morgan fingerprint density at radius 2 is 0.706 bits per heavy atom. The fraction of sp³-hybridized carbons (Fsp3) is 0.385. The van der Waals surface area contributed by atoms with Gasteiger partial charge in [0.1, 0.15) is 26.4 Å². The predicted molar refractivity (Wildman–Crippen MR) is 260 cm³/mol. The lowest BCUT2D eigenvalue weighted by Crippen LogP contribution is -2.18. The third-order valence-electron chi connectivity index (χ3n) is 10.8. The van der Waals surface area contributed by atoms with Crippen LogP contribution in [-0.2, 0) is 28.4 Å². The molecule has 0 radical (unpaired) electrons. The maximum Gasteiger partial charge on any atom is 0.196 e. The second-order valence-corrected chi connectivity index (χ2v) is 15.7. The number of nitrogens with one attached hydrogen (secondary N) is 2. The fourth-order valence-electron chi connectivity index (χ4n) is 7.55. The van der Waals surface area contributed by atoms with Crippen molar-refractivity contribution >= 4 is 45.7 Å². The molecule has 0 fully saturated rings. The highest BCUT2D eigenvalue weighted by Gasteiger charge is 2.25. The van der Waals surface area contributed by atoms with Gasteiger partial charge in [0.05, 0.1) is 125 Å². The van der Waals surface area contributed by atoms with E-state index < -0.39 is 0 Å². The Morgan fingerprint density at radius 1 is 0.397 bits per heavy atom. The van der Waals surface area contributed by atoms with E-state index in [1.807, 2.05) is 62.4 Å². The maximum atomic E-state index is 14.9. The van der Waals surface area contributed by atoms with Crippen LogP contribution in [0.25, 0.3) is 0 Å². The molecule has 0 atom stereocenters.